The molecule has 0 saturated heterocycles. The van der Waals surface area contributed by atoms with Crippen LogP contribution in [-0.2, 0) is 10.2 Å². The molecular weight excluding hydrogens is 230 g/mol. The van der Waals surface area contributed by atoms with E-state index in [1.165, 1.54) is 0 Å². The molecule has 1 rings (SSSR count). The first kappa shape index (κ1) is 14.7. The number of nitrogens with zero attached hydrogens (tertiary/aromatic N) is 1. The van der Waals surface area contributed by atoms with Crippen LogP contribution < -0.4 is 0 Å². The Bertz CT molecular complexity index is 419. The van der Waals surface area contributed by atoms with Crippen molar-refractivity contribution in [2.45, 2.75) is 59.3 Å². The van der Waals surface area contributed by atoms with Crippen molar-refractivity contribution in [3.05, 3.63) is 17.3 Å². The van der Waals surface area contributed by atoms with E-state index in [1.54, 1.807) is 6.92 Å². The van der Waals surface area contributed by atoms with Crippen molar-refractivity contribution in [2.75, 3.05) is 6.61 Å². The summed E-state index contributed by atoms with van der Waals surface area (Å²) in [6.45, 7) is 12.3. The summed E-state index contributed by atoms with van der Waals surface area (Å²) in [5, 5.41) is 0. The largest absolute Gasteiger partial charge is 0.460 e. The lowest BCUT2D eigenvalue weighted by molar-refractivity contribution is 0.0483. The molecule has 0 amide bonds. The average molecular weight is 253 g/mol. The zero-order valence-electron chi connectivity index (χ0n) is 12.2. The fourth-order valence-corrected chi connectivity index (χ4v) is 1.51. The normalized spacial score (nSPS) is 11.9. The molecule has 0 aliphatic heterocycles. The smallest absolute Gasteiger partial charge is 0.376 e. The Morgan fingerprint density at radius 2 is 2.00 bits per heavy atom. The van der Waals surface area contributed by atoms with Gasteiger partial charge in [-0.25, -0.2) is 9.78 Å². The van der Waals surface area contributed by atoms with E-state index in [2.05, 4.69) is 25.8 Å². The molecular formula is C14H23NO3. The molecule has 1 aromatic heterocycles. The summed E-state index contributed by atoms with van der Waals surface area (Å²) in [5.41, 5.74) is 0.513. The molecule has 0 atom stereocenters. The molecule has 0 aliphatic carbocycles. The first-order chi connectivity index (χ1) is 8.33. The van der Waals surface area contributed by atoms with E-state index in [9.17, 15) is 4.79 Å². The van der Waals surface area contributed by atoms with Crippen LogP contribution in [0.15, 0.2) is 4.42 Å². The quantitative estimate of drug-likeness (QED) is 0.751. The summed E-state index contributed by atoms with van der Waals surface area (Å²) in [7, 11) is 0. The fraction of sp³-hybridized carbons (Fsp3) is 0.714. The third-order valence-corrected chi connectivity index (χ3v) is 3.12. The molecule has 0 bridgehead atoms. The van der Waals surface area contributed by atoms with Gasteiger partial charge in [-0.3, -0.25) is 0 Å². The van der Waals surface area contributed by atoms with Crippen LogP contribution in [-0.4, -0.2) is 17.6 Å². The maximum absolute atomic E-state index is 11.8. The number of ether oxygens (including phenoxy) is 1. The highest BCUT2D eigenvalue weighted by Crippen LogP contribution is 2.30. The van der Waals surface area contributed by atoms with E-state index in [0.717, 1.165) is 6.42 Å². The van der Waals surface area contributed by atoms with Crippen molar-refractivity contribution in [1.82, 2.24) is 4.98 Å². The molecule has 0 aliphatic rings. The first-order valence-electron chi connectivity index (χ1n) is 6.51. The van der Waals surface area contributed by atoms with Gasteiger partial charge in [0.25, 0.3) is 0 Å². The van der Waals surface area contributed by atoms with Gasteiger partial charge < -0.3 is 9.15 Å². The molecule has 0 unspecified atom stereocenters. The van der Waals surface area contributed by atoms with Crippen molar-refractivity contribution >= 4 is 5.97 Å². The lowest BCUT2D eigenvalue weighted by Gasteiger charge is -2.17. The number of esters is 1. The van der Waals surface area contributed by atoms with Gasteiger partial charge >= 0.3 is 5.97 Å². The third kappa shape index (κ3) is 2.92. The van der Waals surface area contributed by atoms with Gasteiger partial charge in [0.1, 0.15) is 0 Å². The van der Waals surface area contributed by atoms with E-state index in [-0.39, 0.29) is 17.1 Å². The Morgan fingerprint density at radius 1 is 1.39 bits per heavy atom. The number of hydrogen-bond acceptors (Lipinski definition) is 4. The Labute approximate surface area is 109 Å². The topological polar surface area (TPSA) is 52.3 Å². The highest BCUT2D eigenvalue weighted by atomic mass is 16.5. The zero-order valence-corrected chi connectivity index (χ0v) is 12.2. The van der Waals surface area contributed by atoms with Gasteiger partial charge in [0.05, 0.1) is 12.3 Å². The summed E-state index contributed by atoms with van der Waals surface area (Å²) < 4.78 is 10.7. The summed E-state index contributed by atoms with van der Waals surface area (Å²) in [5.74, 6) is 0.571. The number of hydrogen-bond donors (Lipinski definition) is 0. The summed E-state index contributed by atoms with van der Waals surface area (Å²) >= 11 is 0. The third-order valence-electron chi connectivity index (χ3n) is 3.12. The SMILES string of the molecule is CCOC(=O)c1oc(C(C)(C)CC)nc1C(C)C. The molecule has 102 valence electrons. The van der Waals surface area contributed by atoms with Gasteiger partial charge in [0, 0.05) is 5.41 Å². The molecule has 0 fully saturated rings. The van der Waals surface area contributed by atoms with E-state index in [0.29, 0.717) is 18.2 Å². The minimum Gasteiger partial charge on any atom is -0.460 e. The molecule has 4 heteroatoms. The van der Waals surface area contributed by atoms with E-state index in [1.807, 2.05) is 13.8 Å². The Kier molecular flexibility index (Phi) is 4.54. The molecule has 1 aromatic rings. The molecule has 1 heterocycles. The predicted octanol–water partition coefficient (Wildman–Crippen LogP) is 3.66. The number of rotatable bonds is 5. The second-order valence-electron chi connectivity index (χ2n) is 5.35. The molecule has 0 aromatic carbocycles. The highest BCUT2D eigenvalue weighted by Gasteiger charge is 2.30. The minimum atomic E-state index is -0.424. The van der Waals surface area contributed by atoms with Crippen molar-refractivity contribution in [2.24, 2.45) is 0 Å². The molecule has 0 saturated carbocycles. The van der Waals surface area contributed by atoms with Crippen LogP contribution in [0.3, 0.4) is 0 Å². The van der Waals surface area contributed by atoms with Gasteiger partial charge in [-0.2, -0.15) is 0 Å². The van der Waals surface area contributed by atoms with Gasteiger partial charge in [-0.1, -0.05) is 34.6 Å². The molecule has 0 N–H and O–H groups in total. The Hall–Kier alpha value is -1.32. The Balaban J connectivity index is 3.21. The van der Waals surface area contributed by atoms with Crippen LogP contribution in [0.5, 0.6) is 0 Å². The minimum absolute atomic E-state index is 0.134. The van der Waals surface area contributed by atoms with E-state index < -0.39 is 5.97 Å². The van der Waals surface area contributed by atoms with Crippen LogP contribution in [0, 0.1) is 0 Å². The maximum atomic E-state index is 11.8. The van der Waals surface area contributed by atoms with Crippen molar-refractivity contribution in [3.8, 4) is 0 Å². The van der Waals surface area contributed by atoms with Crippen molar-refractivity contribution < 1.29 is 13.9 Å². The van der Waals surface area contributed by atoms with Gasteiger partial charge in [0.15, 0.2) is 0 Å². The summed E-state index contributed by atoms with van der Waals surface area (Å²) in [6.07, 6.45) is 0.896. The number of oxazole rings is 1. The molecule has 18 heavy (non-hydrogen) atoms. The van der Waals surface area contributed by atoms with E-state index >= 15 is 0 Å². The first-order valence-corrected chi connectivity index (χ1v) is 6.51. The standard InChI is InChI=1S/C14H23NO3/c1-7-14(5,6)13-15-10(9(3)4)11(18-13)12(16)17-8-2/h9H,7-8H2,1-6H3. The van der Waals surface area contributed by atoms with Crippen LogP contribution in [0.1, 0.15) is 76.0 Å². The van der Waals surface area contributed by atoms with E-state index in [4.69, 9.17) is 9.15 Å². The lowest BCUT2D eigenvalue weighted by Crippen LogP contribution is -2.16. The summed E-state index contributed by atoms with van der Waals surface area (Å²) in [4.78, 5) is 16.3. The fourth-order valence-electron chi connectivity index (χ4n) is 1.51. The van der Waals surface area contributed by atoms with Gasteiger partial charge in [-0.15, -0.1) is 0 Å². The molecule has 0 radical (unpaired) electrons. The zero-order chi connectivity index (χ0) is 13.9. The Morgan fingerprint density at radius 3 is 2.44 bits per heavy atom. The highest BCUT2D eigenvalue weighted by molar-refractivity contribution is 5.87. The lowest BCUT2D eigenvalue weighted by atomic mass is 9.90. The molecule has 4 nitrogen and oxygen atoms in total. The van der Waals surface area contributed by atoms with Crippen molar-refractivity contribution in [3.63, 3.8) is 0 Å². The van der Waals surface area contributed by atoms with Crippen LogP contribution in [0.25, 0.3) is 0 Å². The number of aromatic nitrogens is 1. The number of carbonyl (C=O) groups is 1. The van der Waals surface area contributed by atoms with Crippen molar-refractivity contribution in [1.29, 1.82) is 0 Å². The monoisotopic (exact) mass is 253 g/mol. The molecule has 0 spiro atoms. The predicted molar refractivity (Wildman–Crippen MR) is 69.9 cm³/mol. The summed E-state index contributed by atoms with van der Waals surface area (Å²) in [6, 6.07) is 0. The van der Waals surface area contributed by atoms with Gasteiger partial charge in [0.2, 0.25) is 11.7 Å². The average Bonchev–Trinajstić information content (AvgIpc) is 2.75. The van der Waals surface area contributed by atoms with Crippen LogP contribution in [0.2, 0.25) is 0 Å². The maximum Gasteiger partial charge on any atom is 0.376 e. The van der Waals surface area contributed by atoms with Crippen LogP contribution >= 0.6 is 0 Å². The number of carbonyl (C=O) groups excluding carboxylic acids is 1. The second kappa shape index (κ2) is 5.55. The van der Waals surface area contributed by atoms with Gasteiger partial charge in [-0.05, 0) is 19.3 Å². The second-order valence-corrected chi connectivity index (χ2v) is 5.35. The van der Waals surface area contributed by atoms with Crippen LogP contribution in [0.4, 0.5) is 0 Å².